The first-order valence-electron chi connectivity index (χ1n) is 7.85. The molecular weight excluding hydrogens is 381 g/mol. The van der Waals surface area contributed by atoms with Crippen LogP contribution < -0.4 is 5.32 Å². The molecule has 0 aliphatic heterocycles. The quantitative estimate of drug-likeness (QED) is 0.586. The number of pyridine rings is 1. The van der Waals surface area contributed by atoms with Crippen LogP contribution in [0.5, 0.6) is 0 Å². The van der Waals surface area contributed by atoms with Crippen molar-refractivity contribution in [1.82, 2.24) is 10.3 Å². The average Bonchev–Trinajstić information content (AvgIpc) is 3.12. The number of fused-ring (bicyclic) bond motifs is 1. The zero-order valence-corrected chi connectivity index (χ0v) is 16.2. The van der Waals surface area contributed by atoms with Crippen molar-refractivity contribution in [2.24, 2.45) is 0 Å². The van der Waals surface area contributed by atoms with E-state index >= 15 is 0 Å². The fraction of sp³-hybridized carbons (Fsp3) is 0.333. The van der Waals surface area contributed by atoms with Crippen LogP contribution in [0.4, 0.5) is 13.2 Å². The molecule has 0 saturated heterocycles. The number of hydrogen-bond donors (Lipinski definition) is 1. The van der Waals surface area contributed by atoms with E-state index in [1.807, 2.05) is 20.8 Å². The molecule has 3 aromatic rings. The van der Waals surface area contributed by atoms with Gasteiger partial charge in [0.25, 0.3) is 5.91 Å². The van der Waals surface area contributed by atoms with Crippen molar-refractivity contribution in [2.45, 2.75) is 39.4 Å². The Balaban J connectivity index is 2.24. The van der Waals surface area contributed by atoms with E-state index in [0.717, 1.165) is 17.4 Å². The lowest BCUT2D eigenvalue weighted by atomic mass is 10.0. The number of amides is 1. The standard InChI is InChI=1S/C18H17F3N2OS2/c1-9-13-10(18(19,20)21)8-11(12-6-5-7-25-12)22-16(13)26-14(9)15(24)23-17(2,3)4/h5-8H,1-4H3,(H,23,24). The Labute approximate surface area is 156 Å². The number of alkyl halides is 3. The SMILES string of the molecule is Cc1c(C(=O)NC(C)(C)C)sc2nc(-c3cccs3)cc(C(F)(F)F)c12. The Morgan fingerprint density at radius 3 is 2.46 bits per heavy atom. The molecule has 0 atom stereocenters. The highest BCUT2D eigenvalue weighted by Gasteiger charge is 2.36. The lowest BCUT2D eigenvalue weighted by molar-refractivity contribution is -0.136. The van der Waals surface area contributed by atoms with Gasteiger partial charge in [0.15, 0.2) is 0 Å². The first-order chi connectivity index (χ1) is 12.0. The van der Waals surface area contributed by atoms with Crippen LogP contribution in [0.25, 0.3) is 20.8 Å². The van der Waals surface area contributed by atoms with Gasteiger partial charge in [0.05, 0.1) is 21.0 Å². The predicted molar refractivity (Wildman–Crippen MR) is 99.9 cm³/mol. The second kappa shape index (κ2) is 6.35. The molecule has 0 bridgehead atoms. The maximum absolute atomic E-state index is 13.7. The minimum Gasteiger partial charge on any atom is -0.347 e. The highest BCUT2D eigenvalue weighted by atomic mass is 32.1. The molecule has 3 heterocycles. The summed E-state index contributed by atoms with van der Waals surface area (Å²) < 4.78 is 41.0. The van der Waals surface area contributed by atoms with Gasteiger partial charge in [-0.25, -0.2) is 4.98 Å². The second-order valence-electron chi connectivity index (χ2n) is 6.97. The van der Waals surface area contributed by atoms with Crippen LogP contribution in [0.3, 0.4) is 0 Å². The van der Waals surface area contributed by atoms with Crippen LogP contribution in [-0.4, -0.2) is 16.4 Å². The van der Waals surface area contributed by atoms with Gasteiger partial charge in [0, 0.05) is 10.9 Å². The Hall–Kier alpha value is -1.93. The van der Waals surface area contributed by atoms with E-state index in [1.165, 1.54) is 18.3 Å². The molecule has 0 radical (unpaired) electrons. The van der Waals surface area contributed by atoms with Gasteiger partial charge in [-0.2, -0.15) is 13.2 Å². The Bertz CT molecular complexity index is 967. The zero-order chi connectivity index (χ0) is 19.3. The van der Waals surface area contributed by atoms with Gasteiger partial charge in [0.1, 0.15) is 4.83 Å². The van der Waals surface area contributed by atoms with Crippen LogP contribution in [0.2, 0.25) is 0 Å². The number of carbonyl (C=O) groups excluding carboxylic acids is 1. The molecule has 138 valence electrons. The van der Waals surface area contributed by atoms with E-state index in [1.54, 1.807) is 17.5 Å². The van der Waals surface area contributed by atoms with E-state index in [2.05, 4.69) is 10.3 Å². The van der Waals surface area contributed by atoms with Crippen LogP contribution in [0, 0.1) is 6.92 Å². The minimum atomic E-state index is -4.53. The largest absolute Gasteiger partial charge is 0.417 e. The molecule has 3 nitrogen and oxygen atoms in total. The second-order valence-corrected chi connectivity index (χ2v) is 8.92. The molecule has 0 saturated carbocycles. The van der Waals surface area contributed by atoms with Crippen molar-refractivity contribution in [1.29, 1.82) is 0 Å². The fourth-order valence-electron chi connectivity index (χ4n) is 2.63. The van der Waals surface area contributed by atoms with E-state index in [9.17, 15) is 18.0 Å². The van der Waals surface area contributed by atoms with Crippen LogP contribution >= 0.6 is 22.7 Å². The highest BCUT2D eigenvalue weighted by Crippen LogP contribution is 2.42. The summed E-state index contributed by atoms with van der Waals surface area (Å²) in [4.78, 5) is 18.1. The number of aryl methyl sites for hydroxylation is 1. The topological polar surface area (TPSA) is 42.0 Å². The fourth-order valence-corrected chi connectivity index (χ4v) is 4.42. The first kappa shape index (κ1) is 18.8. The third kappa shape index (κ3) is 3.61. The zero-order valence-electron chi connectivity index (χ0n) is 14.6. The summed E-state index contributed by atoms with van der Waals surface area (Å²) in [6.07, 6.45) is -4.53. The van der Waals surface area contributed by atoms with Gasteiger partial charge < -0.3 is 5.32 Å². The van der Waals surface area contributed by atoms with E-state index in [4.69, 9.17) is 0 Å². The number of aromatic nitrogens is 1. The number of halogens is 3. The van der Waals surface area contributed by atoms with Gasteiger partial charge in [-0.1, -0.05) is 6.07 Å². The summed E-state index contributed by atoms with van der Waals surface area (Å²) in [7, 11) is 0. The highest BCUT2D eigenvalue weighted by molar-refractivity contribution is 7.20. The summed E-state index contributed by atoms with van der Waals surface area (Å²) in [6, 6.07) is 4.56. The normalized spacial score (nSPS) is 12.6. The first-order valence-corrected chi connectivity index (χ1v) is 9.55. The molecular formula is C18H17F3N2OS2. The predicted octanol–water partition coefficient (Wildman–Crippen LogP) is 5.88. The molecule has 1 N–H and O–H groups in total. The molecule has 0 aliphatic rings. The molecule has 1 amide bonds. The van der Waals surface area contributed by atoms with Crippen molar-refractivity contribution in [3.05, 3.63) is 39.6 Å². The van der Waals surface area contributed by atoms with Crippen molar-refractivity contribution in [3.8, 4) is 10.6 Å². The van der Waals surface area contributed by atoms with Crippen LogP contribution in [-0.2, 0) is 6.18 Å². The molecule has 3 rings (SSSR count). The van der Waals surface area contributed by atoms with Crippen molar-refractivity contribution < 1.29 is 18.0 Å². The molecule has 0 spiro atoms. The molecule has 0 unspecified atom stereocenters. The monoisotopic (exact) mass is 398 g/mol. The molecule has 26 heavy (non-hydrogen) atoms. The minimum absolute atomic E-state index is 0.00173. The molecule has 0 fully saturated rings. The van der Waals surface area contributed by atoms with Gasteiger partial charge in [-0.3, -0.25) is 4.79 Å². The van der Waals surface area contributed by atoms with Crippen LogP contribution in [0.15, 0.2) is 23.6 Å². The lowest BCUT2D eigenvalue weighted by Gasteiger charge is -2.20. The lowest BCUT2D eigenvalue weighted by Crippen LogP contribution is -2.40. The maximum Gasteiger partial charge on any atom is 0.417 e. The molecule has 0 aromatic carbocycles. The van der Waals surface area contributed by atoms with Crippen LogP contribution in [0.1, 0.15) is 41.6 Å². The summed E-state index contributed by atoms with van der Waals surface area (Å²) in [6.45, 7) is 7.00. The summed E-state index contributed by atoms with van der Waals surface area (Å²) in [5, 5.41) is 4.59. The van der Waals surface area contributed by atoms with E-state index in [-0.39, 0.29) is 26.7 Å². The van der Waals surface area contributed by atoms with Gasteiger partial charge in [-0.05, 0) is 50.8 Å². The number of carbonyl (C=O) groups is 1. The number of rotatable bonds is 2. The van der Waals surface area contributed by atoms with E-state index in [0.29, 0.717) is 10.4 Å². The number of thiophene rings is 2. The van der Waals surface area contributed by atoms with Gasteiger partial charge >= 0.3 is 6.18 Å². The number of nitrogens with zero attached hydrogens (tertiary/aromatic N) is 1. The Morgan fingerprint density at radius 1 is 1.23 bits per heavy atom. The average molecular weight is 398 g/mol. The Kier molecular flexibility index (Phi) is 4.60. The van der Waals surface area contributed by atoms with Crippen molar-refractivity contribution >= 4 is 38.8 Å². The summed E-state index contributed by atoms with van der Waals surface area (Å²) in [5.74, 6) is -0.385. The van der Waals surface area contributed by atoms with Crippen molar-refractivity contribution in [3.63, 3.8) is 0 Å². The molecule has 8 heteroatoms. The number of hydrogen-bond acceptors (Lipinski definition) is 4. The molecule has 3 aromatic heterocycles. The van der Waals surface area contributed by atoms with Gasteiger partial charge in [0.2, 0.25) is 0 Å². The Morgan fingerprint density at radius 2 is 1.92 bits per heavy atom. The third-order valence-corrected chi connectivity index (χ3v) is 5.75. The third-order valence-electron chi connectivity index (χ3n) is 3.67. The number of nitrogens with one attached hydrogen (secondary N) is 1. The summed E-state index contributed by atoms with van der Waals surface area (Å²) in [5.41, 5.74) is -0.662. The maximum atomic E-state index is 13.7. The van der Waals surface area contributed by atoms with E-state index < -0.39 is 17.3 Å². The summed E-state index contributed by atoms with van der Waals surface area (Å²) >= 11 is 2.32. The smallest absolute Gasteiger partial charge is 0.347 e. The molecule has 0 aliphatic carbocycles. The van der Waals surface area contributed by atoms with Crippen molar-refractivity contribution in [2.75, 3.05) is 0 Å². The van der Waals surface area contributed by atoms with Gasteiger partial charge in [-0.15, -0.1) is 22.7 Å².